The number of nitrogens with one attached hydrogen (secondary N) is 1. The van der Waals surface area contributed by atoms with Gasteiger partial charge in [0.15, 0.2) is 12.3 Å². The number of fused-ring (bicyclic) bond motifs is 1. The summed E-state index contributed by atoms with van der Waals surface area (Å²) in [6.45, 7) is -0.489. The first kappa shape index (κ1) is 21.4. The zero-order chi connectivity index (χ0) is 22.7. The summed E-state index contributed by atoms with van der Waals surface area (Å²) in [5, 5.41) is 7.04. The lowest BCUT2D eigenvalue weighted by Crippen LogP contribution is -2.22. The van der Waals surface area contributed by atoms with E-state index in [1.54, 1.807) is 35.0 Å². The van der Waals surface area contributed by atoms with E-state index in [2.05, 4.69) is 10.4 Å². The molecule has 0 bridgehead atoms. The van der Waals surface area contributed by atoms with Crippen LogP contribution in [0.25, 0.3) is 5.69 Å². The van der Waals surface area contributed by atoms with Crippen molar-refractivity contribution in [3.8, 4) is 17.2 Å². The van der Waals surface area contributed by atoms with Gasteiger partial charge in [0.05, 0.1) is 25.6 Å². The number of hydrogen-bond acceptors (Lipinski definition) is 6. The van der Waals surface area contributed by atoms with Crippen LogP contribution in [-0.2, 0) is 22.4 Å². The fourth-order valence-electron chi connectivity index (χ4n) is 3.69. The van der Waals surface area contributed by atoms with Crippen molar-refractivity contribution in [1.82, 2.24) is 9.78 Å². The maximum Gasteiger partial charge on any atom is 0.359 e. The minimum absolute atomic E-state index is 0.175. The number of anilines is 1. The van der Waals surface area contributed by atoms with Gasteiger partial charge in [-0.1, -0.05) is 0 Å². The summed E-state index contributed by atoms with van der Waals surface area (Å²) in [5.74, 6) is -0.575. The van der Waals surface area contributed by atoms with Gasteiger partial charge in [0.25, 0.3) is 5.91 Å². The van der Waals surface area contributed by atoms with E-state index >= 15 is 0 Å². The van der Waals surface area contributed by atoms with E-state index in [4.69, 9.17) is 14.2 Å². The molecule has 1 heterocycles. The first-order valence-electron chi connectivity index (χ1n) is 10.1. The van der Waals surface area contributed by atoms with Crippen LogP contribution >= 0.6 is 0 Å². The monoisotopic (exact) mass is 439 g/mol. The second kappa shape index (κ2) is 9.09. The largest absolute Gasteiger partial charge is 0.497 e. The number of aromatic nitrogens is 2. The molecule has 4 rings (SSSR count). The Kier molecular flexibility index (Phi) is 6.07. The number of carbonyl (C=O) groups is 2. The molecule has 2 aromatic carbocycles. The molecule has 0 saturated heterocycles. The van der Waals surface area contributed by atoms with Gasteiger partial charge in [-0.2, -0.15) is 5.10 Å². The molecule has 1 aliphatic carbocycles. The second-order valence-electron chi connectivity index (χ2n) is 7.21. The average molecular weight is 439 g/mol. The van der Waals surface area contributed by atoms with Crippen LogP contribution < -0.4 is 14.8 Å². The van der Waals surface area contributed by atoms with E-state index in [0.29, 0.717) is 29.3 Å². The number of methoxy groups -OCH3 is 2. The molecule has 0 aliphatic heterocycles. The first-order valence-corrected chi connectivity index (χ1v) is 10.1. The minimum Gasteiger partial charge on any atom is -0.497 e. The van der Waals surface area contributed by atoms with Gasteiger partial charge in [0.2, 0.25) is 0 Å². The molecule has 0 atom stereocenters. The van der Waals surface area contributed by atoms with Gasteiger partial charge < -0.3 is 19.5 Å². The molecule has 9 heteroatoms. The molecule has 1 N–H and O–H groups in total. The molecule has 1 aromatic heterocycles. The summed E-state index contributed by atoms with van der Waals surface area (Å²) < 4.78 is 30.5. The van der Waals surface area contributed by atoms with Crippen LogP contribution in [0.5, 0.6) is 11.5 Å². The number of halogens is 1. The van der Waals surface area contributed by atoms with Gasteiger partial charge in [0, 0.05) is 17.3 Å². The smallest absolute Gasteiger partial charge is 0.359 e. The fraction of sp³-hybridized carbons (Fsp3) is 0.261. The Balaban J connectivity index is 1.46. The van der Waals surface area contributed by atoms with E-state index in [0.717, 1.165) is 24.1 Å². The minimum atomic E-state index is -0.684. The van der Waals surface area contributed by atoms with Gasteiger partial charge in [-0.05, 0) is 55.7 Å². The number of esters is 1. The van der Waals surface area contributed by atoms with Crippen LogP contribution in [0, 0.1) is 5.82 Å². The van der Waals surface area contributed by atoms with Crippen molar-refractivity contribution in [1.29, 1.82) is 0 Å². The predicted octanol–water partition coefficient (Wildman–Crippen LogP) is 3.31. The second-order valence-corrected chi connectivity index (χ2v) is 7.21. The standard InChI is InChI=1S/C23H22FN3O5/c1-30-16-10-11-20(31-2)18(12-16)25-21(28)13-32-23(29)22-17-4-3-5-19(17)27(26-22)15-8-6-14(24)7-9-15/h6-12H,3-5,13H2,1-2H3,(H,25,28). The van der Waals surface area contributed by atoms with Gasteiger partial charge in [-0.25, -0.2) is 13.9 Å². The lowest BCUT2D eigenvalue weighted by Gasteiger charge is -2.11. The summed E-state index contributed by atoms with van der Waals surface area (Å²) in [4.78, 5) is 25.1. The van der Waals surface area contributed by atoms with Crippen molar-refractivity contribution in [2.75, 3.05) is 26.1 Å². The Morgan fingerprint density at radius 2 is 1.88 bits per heavy atom. The van der Waals surface area contributed by atoms with Crippen molar-refractivity contribution in [2.24, 2.45) is 0 Å². The van der Waals surface area contributed by atoms with Crippen LogP contribution in [-0.4, -0.2) is 42.5 Å². The average Bonchev–Trinajstić information content (AvgIpc) is 3.41. The van der Waals surface area contributed by atoms with Crippen LogP contribution in [0.1, 0.15) is 28.2 Å². The molecule has 0 saturated carbocycles. The van der Waals surface area contributed by atoms with E-state index in [1.807, 2.05) is 0 Å². The van der Waals surface area contributed by atoms with Gasteiger partial charge >= 0.3 is 5.97 Å². The molecule has 3 aromatic rings. The number of benzene rings is 2. The zero-order valence-electron chi connectivity index (χ0n) is 17.7. The van der Waals surface area contributed by atoms with Gasteiger partial charge in [0.1, 0.15) is 17.3 Å². The third-order valence-corrected chi connectivity index (χ3v) is 5.21. The maximum atomic E-state index is 13.3. The molecule has 0 unspecified atom stereocenters. The van der Waals surface area contributed by atoms with Crippen molar-refractivity contribution in [2.45, 2.75) is 19.3 Å². The molecule has 166 valence electrons. The Bertz CT molecular complexity index is 1160. The third kappa shape index (κ3) is 4.27. The Morgan fingerprint density at radius 1 is 1.09 bits per heavy atom. The highest BCUT2D eigenvalue weighted by molar-refractivity contribution is 5.96. The van der Waals surface area contributed by atoms with Crippen molar-refractivity contribution in [3.63, 3.8) is 0 Å². The number of nitrogens with zero attached hydrogens (tertiary/aromatic N) is 2. The van der Waals surface area contributed by atoms with Crippen LogP contribution in [0.3, 0.4) is 0 Å². The molecule has 0 fully saturated rings. The fourth-order valence-corrected chi connectivity index (χ4v) is 3.69. The van der Waals surface area contributed by atoms with Gasteiger partial charge in [-0.15, -0.1) is 0 Å². The Labute approximate surface area is 183 Å². The van der Waals surface area contributed by atoms with Crippen LogP contribution in [0.15, 0.2) is 42.5 Å². The summed E-state index contributed by atoms with van der Waals surface area (Å²) >= 11 is 0. The quantitative estimate of drug-likeness (QED) is 0.568. The maximum absolute atomic E-state index is 13.3. The van der Waals surface area contributed by atoms with E-state index in [1.165, 1.54) is 26.4 Å². The first-order chi connectivity index (χ1) is 15.5. The normalized spacial score (nSPS) is 12.2. The molecule has 1 amide bonds. The summed E-state index contributed by atoms with van der Waals surface area (Å²) in [6.07, 6.45) is 2.32. The van der Waals surface area contributed by atoms with Gasteiger partial charge in [-0.3, -0.25) is 4.79 Å². The van der Waals surface area contributed by atoms with Crippen molar-refractivity contribution >= 4 is 17.6 Å². The molecular weight excluding hydrogens is 417 g/mol. The number of amides is 1. The topological polar surface area (TPSA) is 91.7 Å². The molecule has 0 spiro atoms. The van der Waals surface area contributed by atoms with Crippen molar-refractivity contribution < 1.29 is 28.2 Å². The summed E-state index contributed by atoms with van der Waals surface area (Å²) in [5.41, 5.74) is 2.93. The van der Waals surface area contributed by atoms with Crippen molar-refractivity contribution in [3.05, 3.63) is 65.2 Å². The Hall–Kier alpha value is -3.88. The molecule has 1 aliphatic rings. The molecule has 0 radical (unpaired) electrons. The lowest BCUT2D eigenvalue weighted by molar-refractivity contribution is -0.119. The number of carbonyl (C=O) groups excluding carboxylic acids is 2. The SMILES string of the molecule is COc1ccc(OC)c(NC(=O)COC(=O)c2nn(-c3ccc(F)cc3)c3c2CCC3)c1. The molecule has 32 heavy (non-hydrogen) atoms. The third-order valence-electron chi connectivity index (χ3n) is 5.21. The van der Waals surface area contributed by atoms with Crippen LogP contribution in [0.2, 0.25) is 0 Å². The summed E-state index contributed by atoms with van der Waals surface area (Å²) in [6, 6.07) is 10.9. The molecule has 8 nitrogen and oxygen atoms in total. The number of hydrogen-bond donors (Lipinski definition) is 1. The summed E-state index contributed by atoms with van der Waals surface area (Å²) in [7, 11) is 2.99. The van der Waals surface area contributed by atoms with Crippen LogP contribution in [0.4, 0.5) is 10.1 Å². The number of rotatable bonds is 7. The van der Waals surface area contributed by atoms with E-state index in [-0.39, 0.29) is 11.5 Å². The highest BCUT2D eigenvalue weighted by Crippen LogP contribution is 2.30. The zero-order valence-corrected chi connectivity index (χ0v) is 17.7. The predicted molar refractivity (Wildman–Crippen MR) is 114 cm³/mol. The lowest BCUT2D eigenvalue weighted by atomic mass is 10.2. The molecular formula is C23H22FN3O5. The Morgan fingerprint density at radius 3 is 2.59 bits per heavy atom. The van der Waals surface area contributed by atoms with E-state index < -0.39 is 18.5 Å². The van der Waals surface area contributed by atoms with E-state index in [9.17, 15) is 14.0 Å². The number of ether oxygens (including phenoxy) is 3. The highest BCUT2D eigenvalue weighted by atomic mass is 19.1. The highest BCUT2D eigenvalue weighted by Gasteiger charge is 2.28.